The summed E-state index contributed by atoms with van der Waals surface area (Å²) in [7, 11) is 0. The minimum atomic E-state index is -0.510. The Kier molecular flexibility index (Phi) is 4.38. The summed E-state index contributed by atoms with van der Waals surface area (Å²) in [5.74, 6) is -0.330. The van der Waals surface area contributed by atoms with Crippen molar-refractivity contribution < 1.29 is 9.59 Å². The number of rotatable bonds is 4. The quantitative estimate of drug-likeness (QED) is 0.875. The number of imide groups is 1. The van der Waals surface area contributed by atoms with Gasteiger partial charge in [0.05, 0.1) is 12.1 Å². The number of para-hydroxylation sites is 1. The number of hydrogen-bond acceptors (Lipinski definition) is 3. The molecule has 4 nitrogen and oxygen atoms in total. The van der Waals surface area contributed by atoms with E-state index in [9.17, 15) is 9.59 Å². The van der Waals surface area contributed by atoms with Gasteiger partial charge in [0.2, 0.25) is 5.91 Å². The first-order valence-electron chi connectivity index (χ1n) is 8.29. The molecule has 0 saturated carbocycles. The van der Waals surface area contributed by atoms with E-state index in [2.05, 4.69) is 11.4 Å². The molecule has 1 unspecified atom stereocenters. The molecule has 124 valence electrons. The normalized spacial score (nSPS) is 17.5. The molecular weight excluding hydrogens is 300 g/mol. The highest BCUT2D eigenvalue weighted by Crippen LogP contribution is 2.29. The van der Waals surface area contributed by atoms with E-state index in [1.165, 1.54) is 10.5 Å². The van der Waals surface area contributed by atoms with Gasteiger partial charge in [0, 0.05) is 5.69 Å². The zero-order chi connectivity index (χ0) is 17.3. The molecule has 2 amide bonds. The minimum absolute atomic E-state index is 0.150. The summed E-state index contributed by atoms with van der Waals surface area (Å²) in [6, 6.07) is 13.1. The molecule has 24 heavy (non-hydrogen) atoms. The van der Waals surface area contributed by atoms with Crippen molar-refractivity contribution in [3.63, 3.8) is 0 Å². The van der Waals surface area contributed by atoms with Crippen LogP contribution in [0, 0.1) is 13.8 Å². The lowest BCUT2D eigenvalue weighted by atomic mass is 10.1. The Morgan fingerprint density at radius 2 is 1.88 bits per heavy atom. The van der Waals surface area contributed by atoms with Gasteiger partial charge in [-0.2, -0.15) is 0 Å². The number of amides is 2. The van der Waals surface area contributed by atoms with Crippen LogP contribution in [0.3, 0.4) is 0 Å². The van der Waals surface area contributed by atoms with E-state index in [1.807, 2.05) is 57.2 Å². The predicted octanol–water partition coefficient (Wildman–Crippen LogP) is 3.61. The molecule has 1 N–H and O–H groups in total. The van der Waals surface area contributed by atoms with Gasteiger partial charge >= 0.3 is 0 Å². The number of anilines is 2. The average molecular weight is 322 g/mol. The van der Waals surface area contributed by atoms with E-state index in [-0.39, 0.29) is 18.2 Å². The maximum atomic E-state index is 12.8. The van der Waals surface area contributed by atoms with Gasteiger partial charge in [0.15, 0.2) is 0 Å². The fourth-order valence-corrected chi connectivity index (χ4v) is 3.19. The lowest BCUT2D eigenvalue weighted by molar-refractivity contribution is -0.121. The van der Waals surface area contributed by atoms with Crippen LogP contribution in [0.25, 0.3) is 0 Å². The van der Waals surface area contributed by atoms with Crippen LogP contribution in [0.2, 0.25) is 0 Å². The zero-order valence-corrected chi connectivity index (χ0v) is 14.3. The van der Waals surface area contributed by atoms with Crippen molar-refractivity contribution in [1.82, 2.24) is 0 Å². The summed E-state index contributed by atoms with van der Waals surface area (Å²) in [6.07, 6.45) is 0.965. The van der Waals surface area contributed by atoms with Gasteiger partial charge in [-0.1, -0.05) is 42.8 Å². The first kappa shape index (κ1) is 16.2. The molecule has 1 atom stereocenters. The number of hydrogen-bond donors (Lipinski definition) is 1. The monoisotopic (exact) mass is 322 g/mol. The van der Waals surface area contributed by atoms with Gasteiger partial charge in [-0.15, -0.1) is 0 Å². The Morgan fingerprint density at radius 1 is 1.12 bits per heavy atom. The largest absolute Gasteiger partial charge is 0.373 e. The summed E-state index contributed by atoms with van der Waals surface area (Å²) in [6.45, 7) is 6.06. The van der Waals surface area contributed by atoms with Crippen molar-refractivity contribution >= 4 is 23.2 Å². The molecule has 1 saturated heterocycles. The van der Waals surface area contributed by atoms with Crippen molar-refractivity contribution in [1.29, 1.82) is 0 Å². The lowest BCUT2D eigenvalue weighted by Gasteiger charge is -2.19. The number of nitrogens with one attached hydrogen (secondary N) is 1. The maximum absolute atomic E-state index is 12.8. The summed E-state index contributed by atoms with van der Waals surface area (Å²) in [5, 5.41) is 3.24. The highest BCUT2D eigenvalue weighted by atomic mass is 16.2. The second-order valence-corrected chi connectivity index (χ2v) is 6.27. The van der Waals surface area contributed by atoms with Crippen LogP contribution in [0.5, 0.6) is 0 Å². The second-order valence-electron chi connectivity index (χ2n) is 6.27. The Bertz CT molecular complexity index is 798. The number of nitrogens with zero attached hydrogens (tertiary/aromatic N) is 1. The van der Waals surface area contributed by atoms with Gasteiger partial charge in [0.25, 0.3) is 5.91 Å². The molecule has 0 spiro atoms. The number of benzene rings is 2. The molecule has 0 bridgehead atoms. The fourth-order valence-electron chi connectivity index (χ4n) is 3.19. The predicted molar refractivity (Wildman–Crippen MR) is 96.3 cm³/mol. The molecule has 2 aromatic carbocycles. The molecule has 2 aromatic rings. The Balaban J connectivity index is 1.86. The fraction of sp³-hybridized carbons (Fsp3) is 0.300. The average Bonchev–Trinajstić information content (AvgIpc) is 2.84. The van der Waals surface area contributed by atoms with Gasteiger partial charge in [-0.3, -0.25) is 9.59 Å². The van der Waals surface area contributed by atoms with Crippen LogP contribution < -0.4 is 10.2 Å². The van der Waals surface area contributed by atoms with Crippen molar-refractivity contribution in [2.24, 2.45) is 0 Å². The summed E-state index contributed by atoms with van der Waals surface area (Å²) in [4.78, 5) is 26.6. The highest BCUT2D eigenvalue weighted by molar-refractivity contribution is 6.23. The van der Waals surface area contributed by atoms with Crippen molar-refractivity contribution in [2.45, 2.75) is 39.7 Å². The van der Waals surface area contributed by atoms with Crippen molar-refractivity contribution in [3.05, 3.63) is 59.2 Å². The molecule has 0 radical (unpaired) electrons. The van der Waals surface area contributed by atoms with Gasteiger partial charge in [-0.25, -0.2) is 4.90 Å². The first-order chi connectivity index (χ1) is 11.5. The maximum Gasteiger partial charge on any atom is 0.256 e. The van der Waals surface area contributed by atoms with Gasteiger partial charge < -0.3 is 5.32 Å². The minimum Gasteiger partial charge on any atom is -0.373 e. The third-order valence-corrected chi connectivity index (χ3v) is 4.47. The Morgan fingerprint density at radius 3 is 2.58 bits per heavy atom. The van der Waals surface area contributed by atoms with Crippen molar-refractivity contribution in [3.8, 4) is 0 Å². The molecule has 4 heteroatoms. The molecule has 0 aliphatic carbocycles. The van der Waals surface area contributed by atoms with Crippen LogP contribution in [0.15, 0.2) is 42.5 Å². The van der Waals surface area contributed by atoms with E-state index < -0.39 is 6.04 Å². The van der Waals surface area contributed by atoms with Crippen LogP contribution in [0.4, 0.5) is 11.4 Å². The first-order valence-corrected chi connectivity index (χ1v) is 8.29. The smallest absolute Gasteiger partial charge is 0.256 e. The van der Waals surface area contributed by atoms with Crippen LogP contribution in [-0.2, 0) is 16.0 Å². The van der Waals surface area contributed by atoms with Crippen LogP contribution >= 0.6 is 0 Å². The molecule has 1 aliphatic heterocycles. The third-order valence-electron chi connectivity index (χ3n) is 4.47. The topological polar surface area (TPSA) is 49.4 Å². The molecule has 1 fully saturated rings. The summed E-state index contributed by atoms with van der Waals surface area (Å²) >= 11 is 0. The lowest BCUT2D eigenvalue weighted by Crippen LogP contribution is -2.35. The van der Waals surface area contributed by atoms with E-state index in [1.54, 1.807) is 0 Å². The van der Waals surface area contributed by atoms with Crippen LogP contribution in [-0.4, -0.2) is 17.9 Å². The van der Waals surface area contributed by atoms with E-state index in [0.29, 0.717) is 5.69 Å². The molecule has 1 heterocycles. The second kappa shape index (κ2) is 6.48. The van der Waals surface area contributed by atoms with E-state index in [0.717, 1.165) is 23.2 Å². The molecule has 0 aromatic heterocycles. The van der Waals surface area contributed by atoms with Crippen LogP contribution in [0.1, 0.15) is 30.0 Å². The SMILES string of the molecule is CCc1ccccc1N1C(=O)CC(Nc2ccc(C)cc2C)C1=O. The van der Waals surface area contributed by atoms with Gasteiger partial charge in [-0.05, 0) is 43.5 Å². The number of carbonyl (C=O) groups is 2. The van der Waals surface area contributed by atoms with E-state index in [4.69, 9.17) is 0 Å². The number of aryl methyl sites for hydroxylation is 3. The van der Waals surface area contributed by atoms with E-state index >= 15 is 0 Å². The molecule has 3 rings (SSSR count). The standard InChI is InChI=1S/C20H22N2O2/c1-4-15-7-5-6-8-18(15)22-19(23)12-17(20(22)24)21-16-10-9-13(2)11-14(16)3/h5-11,17,21H,4,12H2,1-3H3. The molecular formula is C20H22N2O2. The zero-order valence-electron chi connectivity index (χ0n) is 14.3. The Hall–Kier alpha value is -2.62. The number of carbonyl (C=O) groups excluding carboxylic acids is 2. The summed E-state index contributed by atoms with van der Waals surface area (Å²) < 4.78 is 0. The van der Waals surface area contributed by atoms with Gasteiger partial charge in [0.1, 0.15) is 6.04 Å². The summed E-state index contributed by atoms with van der Waals surface area (Å²) in [5.41, 5.74) is 4.86. The van der Waals surface area contributed by atoms with Crippen molar-refractivity contribution in [2.75, 3.05) is 10.2 Å². The third kappa shape index (κ3) is 2.92. The highest BCUT2D eigenvalue weighted by Gasteiger charge is 2.40. The Labute approximate surface area is 142 Å². The molecule has 1 aliphatic rings.